The fourth-order valence-electron chi connectivity index (χ4n) is 3.45. The SMILES string of the molecule is CN(C(=O)Cc1cccc([N+](=O)[O-])c1)C(CN1CCCC1)c1ccccn1. The summed E-state index contributed by atoms with van der Waals surface area (Å²) >= 11 is 0. The molecular formula is C20H24N4O3. The summed E-state index contributed by atoms with van der Waals surface area (Å²) in [5.74, 6) is -0.0784. The molecule has 1 amide bonds. The summed E-state index contributed by atoms with van der Waals surface area (Å²) in [5.41, 5.74) is 1.50. The second kappa shape index (κ2) is 8.73. The molecule has 2 aromatic rings. The molecule has 0 spiro atoms. The lowest BCUT2D eigenvalue weighted by atomic mass is 10.1. The highest BCUT2D eigenvalue weighted by molar-refractivity contribution is 5.79. The number of nitro benzene ring substituents is 1. The molecule has 7 heteroatoms. The minimum Gasteiger partial charge on any atom is -0.336 e. The van der Waals surface area contributed by atoms with Crippen molar-refractivity contribution in [2.45, 2.75) is 25.3 Å². The van der Waals surface area contributed by atoms with Crippen molar-refractivity contribution in [2.24, 2.45) is 0 Å². The van der Waals surface area contributed by atoms with E-state index in [9.17, 15) is 14.9 Å². The molecule has 0 bridgehead atoms. The Morgan fingerprint density at radius 1 is 1.26 bits per heavy atom. The molecule has 27 heavy (non-hydrogen) atoms. The molecule has 1 unspecified atom stereocenters. The fourth-order valence-corrected chi connectivity index (χ4v) is 3.45. The number of rotatable bonds is 7. The standard InChI is InChI=1S/C20H24N4O3/c1-22(20(25)14-16-7-6-8-17(13-16)24(26)27)19(15-23-11-4-5-12-23)18-9-2-3-10-21-18/h2-3,6-10,13,19H,4-5,11-12,14-15H2,1H3. The summed E-state index contributed by atoms with van der Waals surface area (Å²) in [4.78, 5) is 31.9. The molecule has 1 fully saturated rings. The van der Waals surface area contributed by atoms with Crippen LogP contribution in [0.25, 0.3) is 0 Å². The number of aromatic nitrogens is 1. The van der Waals surface area contributed by atoms with Crippen LogP contribution in [0.15, 0.2) is 48.7 Å². The monoisotopic (exact) mass is 368 g/mol. The van der Waals surface area contributed by atoms with Gasteiger partial charge in [-0.05, 0) is 43.6 Å². The molecule has 7 nitrogen and oxygen atoms in total. The smallest absolute Gasteiger partial charge is 0.269 e. The number of hydrogen-bond acceptors (Lipinski definition) is 5. The van der Waals surface area contributed by atoms with Gasteiger partial charge in [0.25, 0.3) is 5.69 Å². The molecule has 0 saturated carbocycles. The second-order valence-corrected chi connectivity index (χ2v) is 6.89. The van der Waals surface area contributed by atoms with Crippen LogP contribution in [0.5, 0.6) is 0 Å². The van der Waals surface area contributed by atoms with Gasteiger partial charge in [-0.2, -0.15) is 0 Å². The molecule has 3 rings (SSSR count). The van der Waals surface area contributed by atoms with Crippen molar-refractivity contribution in [3.05, 3.63) is 70.0 Å². The van der Waals surface area contributed by atoms with E-state index in [-0.39, 0.29) is 24.1 Å². The third kappa shape index (κ3) is 4.89. The van der Waals surface area contributed by atoms with Gasteiger partial charge in [-0.3, -0.25) is 19.9 Å². The first kappa shape index (κ1) is 19.0. The Balaban J connectivity index is 1.76. The molecular weight excluding hydrogens is 344 g/mol. The average Bonchev–Trinajstić information content (AvgIpc) is 3.19. The number of nitrogens with zero attached hydrogens (tertiary/aromatic N) is 4. The van der Waals surface area contributed by atoms with Crippen molar-refractivity contribution in [1.29, 1.82) is 0 Å². The summed E-state index contributed by atoms with van der Waals surface area (Å²) in [6, 6.07) is 11.8. The van der Waals surface area contributed by atoms with Gasteiger partial charge >= 0.3 is 0 Å². The summed E-state index contributed by atoms with van der Waals surface area (Å²) in [6.45, 7) is 2.82. The Labute approximate surface area is 158 Å². The van der Waals surface area contributed by atoms with Crippen LogP contribution in [0, 0.1) is 10.1 Å². The first-order chi connectivity index (χ1) is 13.0. The number of non-ortho nitro benzene ring substituents is 1. The first-order valence-corrected chi connectivity index (χ1v) is 9.17. The van der Waals surface area contributed by atoms with Gasteiger partial charge in [-0.15, -0.1) is 0 Å². The highest BCUT2D eigenvalue weighted by Crippen LogP contribution is 2.23. The lowest BCUT2D eigenvalue weighted by molar-refractivity contribution is -0.384. The van der Waals surface area contributed by atoms with E-state index >= 15 is 0 Å². The largest absolute Gasteiger partial charge is 0.336 e. The van der Waals surface area contributed by atoms with E-state index in [0.717, 1.165) is 25.3 Å². The van der Waals surface area contributed by atoms with Gasteiger partial charge in [0.15, 0.2) is 0 Å². The van der Waals surface area contributed by atoms with Crippen LogP contribution in [0.1, 0.15) is 30.1 Å². The molecule has 142 valence electrons. The van der Waals surface area contributed by atoms with Gasteiger partial charge in [-0.1, -0.05) is 18.2 Å². The Bertz CT molecular complexity index is 791. The van der Waals surface area contributed by atoms with Crippen LogP contribution in [0.4, 0.5) is 5.69 Å². The summed E-state index contributed by atoms with van der Waals surface area (Å²) < 4.78 is 0. The van der Waals surface area contributed by atoms with E-state index in [1.165, 1.54) is 25.0 Å². The third-order valence-corrected chi connectivity index (χ3v) is 5.00. The Hall–Kier alpha value is -2.80. The van der Waals surface area contributed by atoms with Crippen LogP contribution in [0.3, 0.4) is 0 Å². The molecule has 0 aliphatic carbocycles. The van der Waals surface area contributed by atoms with Crippen LogP contribution in [-0.2, 0) is 11.2 Å². The maximum absolute atomic E-state index is 12.9. The number of benzene rings is 1. The number of hydrogen-bond donors (Lipinski definition) is 0. The van der Waals surface area contributed by atoms with E-state index in [4.69, 9.17) is 0 Å². The highest BCUT2D eigenvalue weighted by atomic mass is 16.6. The van der Waals surface area contributed by atoms with Crippen LogP contribution < -0.4 is 0 Å². The molecule has 2 heterocycles. The number of carbonyl (C=O) groups is 1. The molecule has 1 atom stereocenters. The molecule has 0 radical (unpaired) electrons. The zero-order valence-electron chi connectivity index (χ0n) is 15.5. The van der Waals surface area contributed by atoms with Gasteiger partial charge in [0.2, 0.25) is 5.91 Å². The number of amides is 1. The average molecular weight is 368 g/mol. The van der Waals surface area contributed by atoms with E-state index in [0.29, 0.717) is 5.56 Å². The molecule has 1 aromatic carbocycles. The Kier molecular flexibility index (Phi) is 6.13. The van der Waals surface area contributed by atoms with Gasteiger partial charge in [0, 0.05) is 31.9 Å². The summed E-state index contributed by atoms with van der Waals surface area (Å²) in [5, 5.41) is 11.0. The van der Waals surface area contributed by atoms with Crippen molar-refractivity contribution < 1.29 is 9.72 Å². The molecule has 1 aromatic heterocycles. The maximum Gasteiger partial charge on any atom is 0.269 e. The van der Waals surface area contributed by atoms with Gasteiger partial charge in [-0.25, -0.2) is 0 Å². The van der Waals surface area contributed by atoms with Crippen molar-refractivity contribution in [1.82, 2.24) is 14.8 Å². The van der Waals surface area contributed by atoms with E-state index in [1.54, 1.807) is 30.3 Å². The maximum atomic E-state index is 12.9. The van der Waals surface area contributed by atoms with Gasteiger partial charge in [0.1, 0.15) is 0 Å². The molecule has 0 N–H and O–H groups in total. The number of likely N-dealkylation sites (N-methyl/N-ethyl adjacent to an activating group) is 1. The predicted octanol–water partition coefficient (Wildman–Crippen LogP) is 2.83. The summed E-state index contributed by atoms with van der Waals surface area (Å²) in [7, 11) is 1.79. The van der Waals surface area contributed by atoms with E-state index < -0.39 is 4.92 Å². The lowest BCUT2D eigenvalue weighted by Gasteiger charge is -2.31. The van der Waals surface area contributed by atoms with Gasteiger partial charge in [0.05, 0.1) is 23.1 Å². The van der Waals surface area contributed by atoms with Gasteiger partial charge < -0.3 is 9.80 Å². The van der Waals surface area contributed by atoms with Crippen LogP contribution in [0.2, 0.25) is 0 Å². The first-order valence-electron chi connectivity index (χ1n) is 9.17. The predicted molar refractivity (Wildman–Crippen MR) is 102 cm³/mol. The lowest BCUT2D eigenvalue weighted by Crippen LogP contribution is -2.39. The molecule has 1 saturated heterocycles. The van der Waals surface area contributed by atoms with Crippen molar-refractivity contribution >= 4 is 11.6 Å². The van der Waals surface area contributed by atoms with Crippen molar-refractivity contribution in [2.75, 3.05) is 26.7 Å². The van der Waals surface area contributed by atoms with E-state index in [2.05, 4.69) is 9.88 Å². The van der Waals surface area contributed by atoms with Crippen LogP contribution in [-0.4, -0.2) is 52.3 Å². The normalized spacial score (nSPS) is 15.4. The zero-order valence-corrected chi connectivity index (χ0v) is 15.5. The number of likely N-dealkylation sites (tertiary alicyclic amines) is 1. The highest BCUT2D eigenvalue weighted by Gasteiger charge is 2.26. The number of pyridine rings is 1. The molecule has 1 aliphatic heterocycles. The third-order valence-electron chi connectivity index (χ3n) is 5.00. The topological polar surface area (TPSA) is 79.6 Å². The number of carbonyl (C=O) groups excluding carboxylic acids is 1. The van der Waals surface area contributed by atoms with E-state index in [1.807, 2.05) is 18.2 Å². The van der Waals surface area contributed by atoms with Crippen LogP contribution >= 0.6 is 0 Å². The zero-order chi connectivity index (χ0) is 19.2. The molecule has 1 aliphatic rings. The quantitative estimate of drug-likeness (QED) is 0.555. The second-order valence-electron chi connectivity index (χ2n) is 6.89. The number of nitro groups is 1. The minimum absolute atomic E-state index is 0.00120. The Morgan fingerprint density at radius 2 is 2.04 bits per heavy atom. The van der Waals surface area contributed by atoms with Crippen molar-refractivity contribution in [3.63, 3.8) is 0 Å². The minimum atomic E-state index is -0.443. The fraction of sp³-hybridized carbons (Fsp3) is 0.400. The van der Waals surface area contributed by atoms with Crippen molar-refractivity contribution in [3.8, 4) is 0 Å². The summed E-state index contributed by atoms with van der Waals surface area (Å²) in [6.07, 6.45) is 4.23. The Morgan fingerprint density at radius 3 is 2.70 bits per heavy atom.